The fourth-order valence-electron chi connectivity index (χ4n) is 3.30. The van der Waals surface area contributed by atoms with Crippen LogP contribution in [0.4, 0.5) is 11.9 Å². The lowest BCUT2D eigenvalue weighted by molar-refractivity contribution is 0.252. The second-order valence-corrected chi connectivity index (χ2v) is 6.27. The first-order valence-corrected chi connectivity index (χ1v) is 7.57. The maximum Gasteiger partial charge on any atom is 0.322 e. The van der Waals surface area contributed by atoms with Crippen molar-refractivity contribution in [3.05, 3.63) is 0 Å². The van der Waals surface area contributed by atoms with Gasteiger partial charge in [0.2, 0.25) is 11.9 Å². The second-order valence-electron chi connectivity index (χ2n) is 6.27. The van der Waals surface area contributed by atoms with Gasteiger partial charge in [-0.2, -0.15) is 15.0 Å². The van der Waals surface area contributed by atoms with Gasteiger partial charge in [0, 0.05) is 6.54 Å². The third-order valence-corrected chi connectivity index (χ3v) is 4.05. The third-order valence-electron chi connectivity index (χ3n) is 4.05. The molecule has 1 aromatic heterocycles. The Morgan fingerprint density at radius 1 is 1.19 bits per heavy atom. The minimum atomic E-state index is 0.254. The van der Waals surface area contributed by atoms with E-state index in [9.17, 15) is 0 Å². The minimum Gasteiger partial charge on any atom is -0.467 e. The van der Waals surface area contributed by atoms with Crippen LogP contribution in [-0.2, 0) is 0 Å². The summed E-state index contributed by atoms with van der Waals surface area (Å²) in [7, 11) is 1.52. The predicted octanol–water partition coefficient (Wildman–Crippen LogP) is 2.18. The van der Waals surface area contributed by atoms with E-state index in [-0.39, 0.29) is 6.01 Å². The Morgan fingerprint density at radius 3 is 2.43 bits per heavy atom. The highest BCUT2D eigenvalue weighted by Gasteiger charge is 2.34. The van der Waals surface area contributed by atoms with Gasteiger partial charge in [0.15, 0.2) is 0 Å². The maximum absolute atomic E-state index is 5.37. The quantitative estimate of drug-likeness (QED) is 0.523. The summed E-state index contributed by atoms with van der Waals surface area (Å²) in [6.45, 7) is 5.44. The van der Waals surface area contributed by atoms with E-state index in [1.54, 1.807) is 0 Å². The highest BCUT2D eigenvalue weighted by molar-refractivity contribution is 5.35. The van der Waals surface area contributed by atoms with Crippen LogP contribution >= 0.6 is 0 Å². The number of hydrogen-bond acceptors (Lipinski definition) is 7. The highest BCUT2D eigenvalue weighted by Crippen LogP contribution is 2.43. The van der Waals surface area contributed by atoms with E-state index in [2.05, 4.69) is 39.5 Å². The van der Waals surface area contributed by atoms with Crippen LogP contribution in [0.3, 0.4) is 0 Å². The average Bonchev–Trinajstić information content (AvgIpc) is 2.92. The van der Waals surface area contributed by atoms with E-state index in [1.807, 2.05) is 0 Å². The van der Waals surface area contributed by atoms with Gasteiger partial charge in [-0.05, 0) is 30.6 Å². The van der Waals surface area contributed by atoms with Crippen molar-refractivity contribution in [2.75, 3.05) is 24.4 Å². The van der Waals surface area contributed by atoms with Crippen molar-refractivity contribution >= 4 is 11.9 Å². The van der Waals surface area contributed by atoms with Crippen molar-refractivity contribution in [1.29, 1.82) is 0 Å². The summed E-state index contributed by atoms with van der Waals surface area (Å²) >= 11 is 0. The van der Waals surface area contributed by atoms with Crippen LogP contribution < -0.4 is 21.3 Å². The molecule has 1 heterocycles. The van der Waals surface area contributed by atoms with Crippen LogP contribution in [0.2, 0.25) is 0 Å². The maximum atomic E-state index is 5.37. The monoisotopic (exact) mass is 294 g/mol. The number of nitrogens with two attached hydrogens (primary N) is 1. The fraction of sp³-hybridized carbons (Fsp3) is 0.786. The summed E-state index contributed by atoms with van der Waals surface area (Å²) < 4.78 is 5.06. The molecule has 0 unspecified atom stereocenters. The van der Waals surface area contributed by atoms with E-state index in [0.717, 1.165) is 6.54 Å². The van der Waals surface area contributed by atoms with Gasteiger partial charge in [-0.25, -0.2) is 5.84 Å². The minimum absolute atomic E-state index is 0.254. The molecule has 7 heteroatoms. The Labute approximate surface area is 126 Å². The first-order chi connectivity index (χ1) is 10.1. The normalized spacial score (nSPS) is 17.0. The Balaban J connectivity index is 2.06. The van der Waals surface area contributed by atoms with Crippen molar-refractivity contribution in [2.45, 2.75) is 46.0 Å². The molecule has 7 nitrogen and oxygen atoms in total. The number of ether oxygens (including phenoxy) is 1. The van der Waals surface area contributed by atoms with E-state index in [0.29, 0.717) is 23.2 Å². The zero-order valence-corrected chi connectivity index (χ0v) is 13.1. The summed E-state index contributed by atoms with van der Waals surface area (Å²) in [5.74, 6) is 6.86. The van der Waals surface area contributed by atoms with Crippen LogP contribution in [0, 0.1) is 11.3 Å². The molecule has 118 valence electrons. The van der Waals surface area contributed by atoms with Crippen molar-refractivity contribution < 1.29 is 4.74 Å². The van der Waals surface area contributed by atoms with Gasteiger partial charge in [0.25, 0.3) is 0 Å². The fourth-order valence-corrected chi connectivity index (χ4v) is 3.30. The third kappa shape index (κ3) is 4.17. The topological polar surface area (TPSA) is 98.0 Å². The standard InChI is InChI=1S/C14H26N6O/c1-10(2)8-14(6-4-5-7-14)9-16-11-17-12(20-15)19-13(18-11)21-3/h10H,4-9,15H2,1-3H3,(H2,16,17,18,19,20). The van der Waals surface area contributed by atoms with Gasteiger partial charge >= 0.3 is 6.01 Å². The summed E-state index contributed by atoms with van der Waals surface area (Å²) in [5, 5.41) is 3.34. The molecule has 1 fully saturated rings. The van der Waals surface area contributed by atoms with Crippen LogP contribution in [0.25, 0.3) is 0 Å². The molecule has 0 atom stereocenters. The second kappa shape index (κ2) is 6.89. The van der Waals surface area contributed by atoms with E-state index in [4.69, 9.17) is 10.6 Å². The number of nitrogen functional groups attached to an aromatic ring is 1. The smallest absolute Gasteiger partial charge is 0.322 e. The lowest BCUT2D eigenvalue weighted by Crippen LogP contribution is -2.29. The van der Waals surface area contributed by atoms with Crippen molar-refractivity contribution in [2.24, 2.45) is 17.2 Å². The van der Waals surface area contributed by atoms with Gasteiger partial charge in [-0.3, -0.25) is 5.43 Å². The predicted molar refractivity (Wildman–Crippen MR) is 83.0 cm³/mol. The van der Waals surface area contributed by atoms with Crippen LogP contribution in [-0.4, -0.2) is 28.6 Å². The molecule has 0 radical (unpaired) electrons. The summed E-state index contributed by atoms with van der Waals surface area (Å²) in [6.07, 6.45) is 6.38. The molecule has 0 bridgehead atoms. The number of rotatable bonds is 7. The number of hydrogen-bond donors (Lipinski definition) is 3. The Morgan fingerprint density at radius 2 is 1.86 bits per heavy atom. The molecule has 1 aromatic rings. The molecule has 4 N–H and O–H groups in total. The van der Waals surface area contributed by atoms with Crippen LogP contribution in [0.5, 0.6) is 6.01 Å². The van der Waals surface area contributed by atoms with Crippen LogP contribution in [0.1, 0.15) is 46.0 Å². The van der Waals surface area contributed by atoms with E-state index in [1.165, 1.54) is 39.2 Å². The molecular weight excluding hydrogens is 268 g/mol. The van der Waals surface area contributed by atoms with Crippen molar-refractivity contribution in [3.63, 3.8) is 0 Å². The largest absolute Gasteiger partial charge is 0.467 e. The Kier molecular flexibility index (Phi) is 5.17. The molecule has 1 aliphatic rings. The first-order valence-electron chi connectivity index (χ1n) is 7.57. The molecule has 0 amide bonds. The molecule has 1 aliphatic carbocycles. The molecule has 1 saturated carbocycles. The van der Waals surface area contributed by atoms with Gasteiger partial charge in [-0.15, -0.1) is 0 Å². The zero-order valence-electron chi connectivity index (χ0n) is 13.1. The summed E-state index contributed by atoms with van der Waals surface area (Å²) in [6, 6.07) is 0.254. The molecule has 21 heavy (non-hydrogen) atoms. The van der Waals surface area contributed by atoms with E-state index < -0.39 is 0 Å². The van der Waals surface area contributed by atoms with Crippen molar-refractivity contribution in [1.82, 2.24) is 15.0 Å². The molecule has 0 spiro atoms. The lowest BCUT2D eigenvalue weighted by Gasteiger charge is -2.31. The molecule has 2 rings (SSSR count). The van der Waals surface area contributed by atoms with Gasteiger partial charge < -0.3 is 10.1 Å². The van der Waals surface area contributed by atoms with Crippen LogP contribution in [0.15, 0.2) is 0 Å². The lowest BCUT2D eigenvalue weighted by atomic mass is 9.78. The molecule has 0 aromatic carbocycles. The number of methoxy groups -OCH3 is 1. The van der Waals surface area contributed by atoms with E-state index >= 15 is 0 Å². The van der Waals surface area contributed by atoms with Gasteiger partial charge in [-0.1, -0.05) is 26.7 Å². The first kappa shape index (κ1) is 15.8. The number of nitrogens with zero attached hydrogens (tertiary/aromatic N) is 3. The SMILES string of the molecule is COc1nc(NN)nc(NCC2(CC(C)C)CCCC2)n1. The summed E-state index contributed by atoms with van der Waals surface area (Å²) in [4.78, 5) is 12.4. The molecule has 0 aliphatic heterocycles. The molecule has 0 saturated heterocycles. The molecular formula is C14H26N6O. The number of nitrogens with one attached hydrogen (secondary N) is 2. The number of aromatic nitrogens is 3. The average molecular weight is 294 g/mol. The number of hydrazine groups is 1. The van der Waals surface area contributed by atoms with Gasteiger partial charge in [0.1, 0.15) is 0 Å². The van der Waals surface area contributed by atoms with Crippen molar-refractivity contribution in [3.8, 4) is 6.01 Å². The Bertz CT molecular complexity index is 437. The number of anilines is 2. The van der Waals surface area contributed by atoms with Gasteiger partial charge in [0.05, 0.1) is 7.11 Å². The Hall–Kier alpha value is -1.63. The highest BCUT2D eigenvalue weighted by atomic mass is 16.5. The zero-order chi connectivity index (χ0) is 15.3. The summed E-state index contributed by atoms with van der Waals surface area (Å²) in [5.41, 5.74) is 2.78.